The van der Waals surface area contributed by atoms with Gasteiger partial charge in [0.1, 0.15) is 17.7 Å². The first kappa shape index (κ1) is 20.3. The zero-order valence-corrected chi connectivity index (χ0v) is 18.3. The van der Waals surface area contributed by atoms with Crippen LogP contribution >= 0.6 is 0 Å². The van der Waals surface area contributed by atoms with Crippen molar-refractivity contribution < 1.29 is 0 Å². The van der Waals surface area contributed by atoms with Gasteiger partial charge < -0.3 is 4.57 Å². The summed E-state index contributed by atoms with van der Waals surface area (Å²) in [6, 6.07) is 35.6. The summed E-state index contributed by atoms with van der Waals surface area (Å²) in [5.41, 5.74) is 7.98. The van der Waals surface area contributed by atoms with Crippen LogP contribution in [0.1, 0.15) is 18.1 Å². The number of para-hydroxylation sites is 1. The lowest BCUT2D eigenvalue weighted by molar-refractivity contribution is 1.14. The van der Waals surface area contributed by atoms with Crippen LogP contribution in [-0.2, 0) is 6.42 Å². The van der Waals surface area contributed by atoms with Crippen LogP contribution < -0.4 is 0 Å². The van der Waals surface area contributed by atoms with Gasteiger partial charge in [0.05, 0.1) is 11.0 Å². The predicted octanol–water partition coefficient (Wildman–Crippen LogP) is 7.44. The summed E-state index contributed by atoms with van der Waals surface area (Å²) in [5.74, 6) is 0. The number of allylic oxidation sites excluding steroid dienone is 1. The van der Waals surface area contributed by atoms with Crippen LogP contribution in [0.4, 0.5) is 0 Å². The van der Waals surface area contributed by atoms with Gasteiger partial charge in [-0.15, -0.1) is 0 Å². The van der Waals surface area contributed by atoms with Gasteiger partial charge in [-0.3, -0.25) is 0 Å². The second-order valence-electron chi connectivity index (χ2n) is 8.01. The molecule has 0 bridgehead atoms. The van der Waals surface area contributed by atoms with Gasteiger partial charge >= 0.3 is 0 Å². The minimum Gasteiger partial charge on any atom is -0.309 e. The Hall–Kier alpha value is -4.60. The maximum Gasteiger partial charge on any atom is 0.130 e. The minimum atomic E-state index is 0.0978. The number of nitriles is 2. The Balaban J connectivity index is 1.63. The Morgan fingerprint density at radius 1 is 0.758 bits per heavy atom. The number of hydrogen-bond donors (Lipinski definition) is 0. The fourth-order valence-electron chi connectivity index (χ4n) is 4.35. The predicted molar refractivity (Wildman–Crippen MR) is 135 cm³/mol. The normalized spacial score (nSPS) is 10.6. The molecule has 0 saturated carbocycles. The highest BCUT2D eigenvalue weighted by atomic mass is 15.0. The first-order valence-corrected chi connectivity index (χ1v) is 11.0. The molecule has 0 fully saturated rings. The molecule has 0 spiro atoms. The maximum atomic E-state index is 9.11. The Morgan fingerprint density at radius 2 is 1.39 bits per heavy atom. The van der Waals surface area contributed by atoms with Crippen molar-refractivity contribution in [2.24, 2.45) is 0 Å². The Morgan fingerprint density at radius 3 is 2.06 bits per heavy atom. The summed E-state index contributed by atoms with van der Waals surface area (Å²) in [6.45, 7) is 2.17. The summed E-state index contributed by atoms with van der Waals surface area (Å²) < 4.78 is 2.26. The van der Waals surface area contributed by atoms with Crippen molar-refractivity contribution in [1.82, 2.24) is 4.57 Å². The van der Waals surface area contributed by atoms with Gasteiger partial charge in [0, 0.05) is 16.5 Å². The highest BCUT2D eigenvalue weighted by molar-refractivity contribution is 6.09. The molecule has 0 radical (unpaired) electrons. The lowest BCUT2D eigenvalue weighted by atomic mass is 10.0. The molecule has 1 aromatic heterocycles. The molecule has 0 aliphatic carbocycles. The van der Waals surface area contributed by atoms with Crippen molar-refractivity contribution >= 4 is 27.9 Å². The lowest BCUT2D eigenvalue weighted by Gasteiger charge is -2.10. The molecule has 156 valence electrons. The molecule has 0 amide bonds. The van der Waals surface area contributed by atoms with Crippen molar-refractivity contribution in [1.29, 1.82) is 10.5 Å². The van der Waals surface area contributed by atoms with Gasteiger partial charge in [0.15, 0.2) is 0 Å². The molecule has 0 atom stereocenters. The van der Waals surface area contributed by atoms with Crippen LogP contribution in [0.2, 0.25) is 0 Å². The highest BCUT2D eigenvalue weighted by Gasteiger charge is 2.12. The molecule has 5 aromatic rings. The summed E-state index contributed by atoms with van der Waals surface area (Å²) in [7, 11) is 0. The van der Waals surface area contributed by atoms with Gasteiger partial charge in [0.2, 0.25) is 0 Å². The van der Waals surface area contributed by atoms with E-state index in [2.05, 4.69) is 78.2 Å². The summed E-state index contributed by atoms with van der Waals surface area (Å²) in [5, 5.41) is 20.5. The molecular weight excluding hydrogens is 402 g/mol. The van der Waals surface area contributed by atoms with E-state index in [1.165, 1.54) is 16.7 Å². The molecule has 33 heavy (non-hydrogen) atoms. The summed E-state index contributed by atoms with van der Waals surface area (Å²) in [6.07, 6.45) is 2.67. The van der Waals surface area contributed by atoms with Gasteiger partial charge in [-0.05, 0) is 65.1 Å². The summed E-state index contributed by atoms with van der Waals surface area (Å²) >= 11 is 0. The third kappa shape index (κ3) is 3.67. The topological polar surface area (TPSA) is 52.5 Å². The molecule has 0 unspecified atom stereocenters. The fourth-order valence-corrected chi connectivity index (χ4v) is 4.35. The third-order valence-electron chi connectivity index (χ3n) is 6.07. The Labute approximate surface area is 193 Å². The largest absolute Gasteiger partial charge is 0.309 e. The molecule has 3 nitrogen and oxygen atoms in total. The van der Waals surface area contributed by atoms with Crippen LogP contribution in [0.3, 0.4) is 0 Å². The Kier molecular flexibility index (Phi) is 5.23. The number of rotatable bonds is 4. The first-order valence-electron chi connectivity index (χ1n) is 11.0. The van der Waals surface area contributed by atoms with Gasteiger partial charge in [0.25, 0.3) is 0 Å². The molecule has 1 heterocycles. The van der Waals surface area contributed by atoms with Crippen LogP contribution in [-0.4, -0.2) is 4.57 Å². The smallest absolute Gasteiger partial charge is 0.130 e. The van der Waals surface area contributed by atoms with E-state index >= 15 is 0 Å². The average molecular weight is 424 g/mol. The number of benzene rings is 4. The van der Waals surface area contributed by atoms with E-state index in [4.69, 9.17) is 10.5 Å². The highest BCUT2D eigenvalue weighted by Crippen LogP contribution is 2.33. The number of hydrogen-bond acceptors (Lipinski definition) is 2. The average Bonchev–Trinajstić information content (AvgIpc) is 3.21. The van der Waals surface area contributed by atoms with E-state index in [0.29, 0.717) is 0 Å². The first-order chi connectivity index (χ1) is 16.2. The minimum absolute atomic E-state index is 0.0978. The SMILES string of the molecule is CCc1ccc(-c2ccc(-n3c4ccccc4c4cc(C=C(C#N)C#N)ccc43)cc2)cc1. The van der Waals surface area contributed by atoms with Crippen molar-refractivity contribution in [2.75, 3.05) is 0 Å². The Bertz CT molecular complexity index is 1570. The third-order valence-corrected chi connectivity index (χ3v) is 6.07. The zero-order valence-electron chi connectivity index (χ0n) is 18.3. The molecule has 0 saturated heterocycles. The maximum absolute atomic E-state index is 9.11. The standard InChI is InChI=1S/C30H21N3/c1-2-21-7-10-24(11-8-21)25-12-14-26(15-13-25)33-29-6-4-3-5-27(29)28-18-22(9-16-30(28)33)17-23(19-31)20-32/h3-18H,2H2,1H3. The van der Waals surface area contributed by atoms with Crippen LogP contribution in [0, 0.1) is 22.7 Å². The molecule has 0 aliphatic rings. The summed E-state index contributed by atoms with van der Waals surface area (Å²) in [4.78, 5) is 0. The van der Waals surface area contributed by atoms with E-state index in [1.54, 1.807) is 6.08 Å². The molecule has 5 rings (SSSR count). The van der Waals surface area contributed by atoms with Crippen molar-refractivity contribution in [3.8, 4) is 29.0 Å². The van der Waals surface area contributed by atoms with Crippen molar-refractivity contribution in [2.45, 2.75) is 13.3 Å². The molecule has 3 heteroatoms. The molecule has 0 N–H and O–H groups in total. The molecular formula is C30H21N3. The van der Waals surface area contributed by atoms with Crippen LogP contribution in [0.15, 0.2) is 96.6 Å². The van der Waals surface area contributed by atoms with Gasteiger partial charge in [-0.1, -0.05) is 67.6 Å². The van der Waals surface area contributed by atoms with Gasteiger partial charge in [-0.2, -0.15) is 10.5 Å². The van der Waals surface area contributed by atoms with Crippen molar-refractivity contribution in [3.63, 3.8) is 0 Å². The second-order valence-corrected chi connectivity index (χ2v) is 8.01. The molecule has 0 aliphatic heterocycles. The van der Waals surface area contributed by atoms with E-state index in [1.807, 2.05) is 36.4 Å². The van der Waals surface area contributed by atoms with E-state index in [9.17, 15) is 0 Å². The number of nitrogens with zero attached hydrogens (tertiary/aromatic N) is 3. The van der Waals surface area contributed by atoms with E-state index in [-0.39, 0.29) is 5.57 Å². The number of fused-ring (bicyclic) bond motifs is 3. The van der Waals surface area contributed by atoms with Crippen molar-refractivity contribution in [3.05, 3.63) is 108 Å². The lowest BCUT2D eigenvalue weighted by Crippen LogP contribution is -1.93. The monoisotopic (exact) mass is 423 g/mol. The van der Waals surface area contributed by atoms with Crippen LogP contribution in [0.25, 0.3) is 44.7 Å². The van der Waals surface area contributed by atoms with Crippen LogP contribution in [0.5, 0.6) is 0 Å². The number of aromatic nitrogens is 1. The van der Waals surface area contributed by atoms with E-state index in [0.717, 1.165) is 39.5 Å². The zero-order chi connectivity index (χ0) is 22.8. The quantitative estimate of drug-likeness (QED) is 0.282. The number of aryl methyl sites for hydroxylation is 1. The molecule has 4 aromatic carbocycles. The van der Waals surface area contributed by atoms with Gasteiger partial charge in [-0.25, -0.2) is 0 Å². The second kappa shape index (κ2) is 8.50. The fraction of sp³-hybridized carbons (Fsp3) is 0.0667. The van der Waals surface area contributed by atoms with E-state index < -0.39 is 0 Å².